The standard InChI is InChI=1S/C30H47NO10/c1-19(2)11-13-36-28(34)40-24-10-9-22(16-25(24)41-29(35)37-14-12-20(3)4)15-23(31)27(33)39-21(5)18-38-26(32)17-30(6,7)8/h9-10,16,19-21,23H,11-15,17-18,31H2,1-8H3/t21-,23-/m0/s1. The summed E-state index contributed by atoms with van der Waals surface area (Å²) in [6, 6.07) is 3.33. The van der Waals surface area contributed by atoms with Crippen LogP contribution in [0, 0.1) is 17.3 Å². The lowest BCUT2D eigenvalue weighted by Crippen LogP contribution is -2.37. The summed E-state index contributed by atoms with van der Waals surface area (Å²) < 4.78 is 31.3. The van der Waals surface area contributed by atoms with E-state index < -0.39 is 30.4 Å². The van der Waals surface area contributed by atoms with Crippen LogP contribution >= 0.6 is 0 Å². The average molecular weight is 582 g/mol. The maximum atomic E-state index is 12.5. The highest BCUT2D eigenvalue weighted by Gasteiger charge is 2.23. The van der Waals surface area contributed by atoms with E-state index in [1.165, 1.54) is 12.1 Å². The number of rotatable bonds is 15. The fourth-order valence-electron chi connectivity index (χ4n) is 3.19. The molecule has 232 valence electrons. The summed E-state index contributed by atoms with van der Waals surface area (Å²) in [4.78, 5) is 48.9. The Balaban J connectivity index is 2.86. The van der Waals surface area contributed by atoms with Crippen molar-refractivity contribution in [3.63, 3.8) is 0 Å². The molecule has 0 unspecified atom stereocenters. The van der Waals surface area contributed by atoms with Gasteiger partial charge < -0.3 is 34.2 Å². The van der Waals surface area contributed by atoms with Crippen LogP contribution in [0.3, 0.4) is 0 Å². The maximum Gasteiger partial charge on any atom is 0.513 e. The first-order chi connectivity index (χ1) is 19.1. The molecule has 0 aromatic heterocycles. The first kappa shape index (κ1) is 35.7. The number of carbonyl (C=O) groups excluding carboxylic acids is 4. The van der Waals surface area contributed by atoms with Crippen LogP contribution in [-0.2, 0) is 35.0 Å². The number of benzene rings is 1. The predicted molar refractivity (Wildman–Crippen MR) is 152 cm³/mol. The van der Waals surface area contributed by atoms with Crippen molar-refractivity contribution in [1.29, 1.82) is 0 Å². The van der Waals surface area contributed by atoms with E-state index in [1.807, 2.05) is 48.5 Å². The largest absolute Gasteiger partial charge is 0.513 e. The predicted octanol–water partition coefficient (Wildman–Crippen LogP) is 5.59. The van der Waals surface area contributed by atoms with Crippen molar-refractivity contribution < 1.29 is 47.6 Å². The molecule has 11 nitrogen and oxygen atoms in total. The molecule has 0 fully saturated rings. The Morgan fingerprint density at radius 1 is 0.805 bits per heavy atom. The zero-order valence-corrected chi connectivity index (χ0v) is 25.7. The van der Waals surface area contributed by atoms with Crippen molar-refractivity contribution in [3.05, 3.63) is 23.8 Å². The minimum absolute atomic E-state index is 0.0211. The average Bonchev–Trinajstić information content (AvgIpc) is 2.82. The molecule has 0 bridgehead atoms. The molecular formula is C30H47NO10. The molecule has 1 aromatic rings. The van der Waals surface area contributed by atoms with E-state index in [0.717, 1.165) is 0 Å². The quantitative estimate of drug-likeness (QED) is 0.157. The summed E-state index contributed by atoms with van der Waals surface area (Å²) in [5.41, 5.74) is 6.34. The molecular weight excluding hydrogens is 534 g/mol. The van der Waals surface area contributed by atoms with Gasteiger partial charge in [-0.2, -0.15) is 0 Å². The van der Waals surface area contributed by atoms with E-state index in [2.05, 4.69) is 0 Å². The van der Waals surface area contributed by atoms with Crippen LogP contribution in [0.5, 0.6) is 11.5 Å². The van der Waals surface area contributed by atoms with Crippen molar-refractivity contribution in [3.8, 4) is 11.5 Å². The molecule has 0 aliphatic rings. The minimum Gasteiger partial charge on any atom is -0.462 e. The van der Waals surface area contributed by atoms with Crippen molar-refractivity contribution in [2.24, 2.45) is 23.0 Å². The van der Waals surface area contributed by atoms with E-state index in [9.17, 15) is 19.2 Å². The Kier molecular flexibility index (Phi) is 15.2. The molecule has 0 heterocycles. The number of esters is 2. The van der Waals surface area contributed by atoms with Gasteiger partial charge in [-0.05, 0) is 61.1 Å². The van der Waals surface area contributed by atoms with E-state index in [0.29, 0.717) is 30.2 Å². The molecule has 0 saturated heterocycles. The van der Waals surface area contributed by atoms with Crippen molar-refractivity contribution >= 4 is 24.2 Å². The van der Waals surface area contributed by atoms with Gasteiger partial charge >= 0.3 is 24.2 Å². The van der Waals surface area contributed by atoms with Gasteiger partial charge in [0.25, 0.3) is 0 Å². The number of carbonyl (C=O) groups is 4. The number of hydrogen-bond donors (Lipinski definition) is 1. The van der Waals surface area contributed by atoms with Crippen molar-refractivity contribution in [1.82, 2.24) is 0 Å². The molecule has 0 saturated carbocycles. The molecule has 11 heteroatoms. The summed E-state index contributed by atoms with van der Waals surface area (Å²) in [7, 11) is 0. The van der Waals surface area contributed by atoms with Crippen molar-refractivity contribution in [2.75, 3.05) is 19.8 Å². The highest BCUT2D eigenvalue weighted by molar-refractivity contribution is 5.76. The van der Waals surface area contributed by atoms with Gasteiger partial charge in [-0.1, -0.05) is 54.5 Å². The van der Waals surface area contributed by atoms with Gasteiger partial charge in [0.05, 0.1) is 19.6 Å². The molecule has 1 rings (SSSR count). The fraction of sp³-hybridized carbons (Fsp3) is 0.667. The number of hydrogen-bond acceptors (Lipinski definition) is 11. The van der Waals surface area contributed by atoms with Crippen LogP contribution in [0.2, 0.25) is 0 Å². The van der Waals surface area contributed by atoms with Gasteiger partial charge in [0.1, 0.15) is 18.8 Å². The Labute approximate surface area is 243 Å². The zero-order valence-electron chi connectivity index (χ0n) is 25.7. The summed E-state index contributed by atoms with van der Waals surface area (Å²) >= 11 is 0. The van der Waals surface area contributed by atoms with Gasteiger partial charge in [0.15, 0.2) is 11.5 Å². The smallest absolute Gasteiger partial charge is 0.462 e. The highest BCUT2D eigenvalue weighted by atomic mass is 16.7. The molecule has 0 radical (unpaired) electrons. The molecule has 1 aromatic carbocycles. The van der Waals surface area contributed by atoms with Crippen LogP contribution in [0.1, 0.15) is 80.2 Å². The lowest BCUT2D eigenvalue weighted by molar-refractivity contribution is -0.159. The SMILES string of the molecule is CC(C)CCOC(=O)Oc1ccc(C[C@H](N)C(=O)O[C@@H](C)COC(=O)CC(C)(C)C)cc1OC(=O)OCCC(C)C. The van der Waals surface area contributed by atoms with Crippen LogP contribution in [0.15, 0.2) is 18.2 Å². The second kappa shape index (κ2) is 17.5. The van der Waals surface area contributed by atoms with E-state index in [1.54, 1.807) is 13.0 Å². The third-order valence-electron chi connectivity index (χ3n) is 5.45. The third kappa shape index (κ3) is 16.5. The summed E-state index contributed by atoms with van der Waals surface area (Å²) in [6.07, 6.45) is -1.06. The Bertz CT molecular complexity index is 999. The molecule has 0 aliphatic carbocycles. The lowest BCUT2D eigenvalue weighted by Gasteiger charge is -2.19. The summed E-state index contributed by atoms with van der Waals surface area (Å²) in [5, 5.41) is 0. The Hall–Kier alpha value is -3.34. The van der Waals surface area contributed by atoms with Crippen molar-refractivity contribution in [2.45, 2.75) is 93.2 Å². The Morgan fingerprint density at radius 2 is 1.34 bits per heavy atom. The summed E-state index contributed by atoms with van der Waals surface area (Å²) in [6.45, 7) is 15.6. The maximum absolute atomic E-state index is 12.5. The first-order valence-electron chi connectivity index (χ1n) is 14.0. The highest BCUT2D eigenvalue weighted by Crippen LogP contribution is 2.30. The topological polar surface area (TPSA) is 150 Å². The zero-order chi connectivity index (χ0) is 31.2. The number of ether oxygens (including phenoxy) is 6. The third-order valence-corrected chi connectivity index (χ3v) is 5.45. The lowest BCUT2D eigenvalue weighted by atomic mass is 9.92. The molecule has 41 heavy (non-hydrogen) atoms. The first-order valence-corrected chi connectivity index (χ1v) is 14.0. The van der Waals surface area contributed by atoms with E-state index >= 15 is 0 Å². The van der Waals surface area contributed by atoms with E-state index in [4.69, 9.17) is 34.2 Å². The van der Waals surface area contributed by atoms with Gasteiger partial charge in [-0.3, -0.25) is 9.59 Å². The second-order valence-corrected chi connectivity index (χ2v) is 12.0. The van der Waals surface area contributed by atoms with Gasteiger partial charge in [0.2, 0.25) is 0 Å². The summed E-state index contributed by atoms with van der Waals surface area (Å²) in [5.74, 6) is -0.586. The van der Waals surface area contributed by atoms with Crippen LogP contribution < -0.4 is 15.2 Å². The normalized spacial score (nSPS) is 12.9. The van der Waals surface area contributed by atoms with Crippen LogP contribution in [-0.4, -0.2) is 56.2 Å². The molecule has 2 atom stereocenters. The fourth-order valence-corrected chi connectivity index (χ4v) is 3.19. The minimum atomic E-state index is -1.07. The molecule has 0 aliphatic heterocycles. The molecule has 0 amide bonds. The van der Waals surface area contributed by atoms with Gasteiger partial charge in [-0.15, -0.1) is 0 Å². The van der Waals surface area contributed by atoms with Gasteiger partial charge in [0, 0.05) is 0 Å². The molecule has 0 spiro atoms. The second-order valence-electron chi connectivity index (χ2n) is 12.0. The Morgan fingerprint density at radius 3 is 1.85 bits per heavy atom. The monoisotopic (exact) mass is 581 g/mol. The van der Waals surface area contributed by atoms with E-state index in [-0.39, 0.29) is 55.5 Å². The number of nitrogens with two attached hydrogens (primary N) is 1. The van der Waals surface area contributed by atoms with Gasteiger partial charge in [-0.25, -0.2) is 9.59 Å². The van der Waals surface area contributed by atoms with Crippen LogP contribution in [0.25, 0.3) is 0 Å². The molecule has 2 N–H and O–H groups in total. The van der Waals surface area contributed by atoms with Crippen LogP contribution in [0.4, 0.5) is 9.59 Å².